The lowest BCUT2D eigenvalue weighted by atomic mass is 9.92. The maximum Gasteiger partial charge on any atom is 0.307 e. The minimum atomic E-state index is -0.481. The third-order valence-corrected chi connectivity index (χ3v) is 4.36. The minimum absolute atomic E-state index is 0.0481. The van der Waals surface area contributed by atoms with Crippen LogP contribution in [-0.4, -0.2) is 33.2 Å². The fourth-order valence-electron chi connectivity index (χ4n) is 2.89. The van der Waals surface area contributed by atoms with Crippen LogP contribution in [0.25, 0.3) is 0 Å². The lowest BCUT2D eigenvalue weighted by molar-refractivity contribution is -0.141. The lowest BCUT2D eigenvalue weighted by Gasteiger charge is -2.23. The van der Waals surface area contributed by atoms with Crippen molar-refractivity contribution in [3.05, 3.63) is 35.9 Å². The molecule has 1 aromatic carbocycles. The Morgan fingerprint density at radius 3 is 2.52 bits per heavy atom. The quantitative estimate of drug-likeness (QED) is 0.606. The van der Waals surface area contributed by atoms with E-state index in [9.17, 15) is 9.59 Å². The molecule has 1 aromatic rings. The number of carbonyl (C=O) groups is 2. The molecule has 1 amide bonds. The lowest BCUT2D eigenvalue weighted by Crippen LogP contribution is -2.35. The Balaban J connectivity index is 2.21. The number of nitrogens with one attached hydrogen (secondary N) is 1. The zero-order chi connectivity index (χ0) is 18.2. The van der Waals surface area contributed by atoms with Gasteiger partial charge in [-0.1, -0.05) is 18.2 Å². The Hall–Kier alpha value is -2.50. The van der Waals surface area contributed by atoms with Crippen LogP contribution in [0.1, 0.15) is 37.3 Å². The Kier molecular flexibility index (Phi) is 6.86. The van der Waals surface area contributed by atoms with Crippen LogP contribution in [0, 0.1) is 5.92 Å². The van der Waals surface area contributed by atoms with Gasteiger partial charge in [0.1, 0.15) is 0 Å². The zero-order valence-electron chi connectivity index (χ0n) is 14.9. The minimum Gasteiger partial charge on any atom is -0.493 e. The van der Waals surface area contributed by atoms with Crippen molar-refractivity contribution in [3.63, 3.8) is 0 Å². The van der Waals surface area contributed by atoms with Gasteiger partial charge in [0.05, 0.1) is 33.8 Å². The van der Waals surface area contributed by atoms with Crippen molar-refractivity contribution >= 4 is 11.9 Å². The van der Waals surface area contributed by atoms with Crippen molar-refractivity contribution in [2.24, 2.45) is 5.92 Å². The molecule has 0 aromatic heterocycles. The summed E-state index contributed by atoms with van der Waals surface area (Å²) in [5.74, 6) is 0.637. The summed E-state index contributed by atoms with van der Waals surface area (Å²) in [5.41, 5.74) is 0.766. The predicted molar refractivity (Wildman–Crippen MR) is 93.5 cm³/mol. The Morgan fingerprint density at radius 2 is 1.92 bits per heavy atom. The van der Waals surface area contributed by atoms with Gasteiger partial charge in [0.2, 0.25) is 5.91 Å². The molecule has 6 heteroatoms. The molecule has 0 radical (unpaired) electrons. The average Bonchev–Trinajstić information content (AvgIpc) is 2.67. The molecule has 0 aliphatic heterocycles. The second-order valence-electron chi connectivity index (χ2n) is 5.94. The number of hydrogen-bond donors (Lipinski definition) is 1. The second-order valence-corrected chi connectivity index (χ2v) is 5.94. The van der Waals surface area contributed by atoms with Crippen LogP contribution in [-0.2, 0) is 14.3 Å². The molecule has 0 bridgehead atoms. The Morgan fingerprint density at radius 1 is 1.16 bits per heavy atom. The molecule has 1 aliphatic carbocycles. The fraction of sp³-hybridized carbons (Fsp3) is 0.474. The topological polar surface area (TPSA) is 73.9 Å². The molecule has 1 aliphatic rings. The van der Waals surface area contributed by atoms with E-state index in [0.717, 1.165) is 24.8 Å². The van der Waals surface area contributed by atoms with E-state index in [4.69, 9.17) is 14.2 Å². The Bertz CT molecular complexity index is 641. The molecule has 0 spiro atoms. The molecule has 1 N–H and O–H groups in total. The van der Waals surface area contributed by atoms with Gasteiger partial charge in [0.25, 0.3) is 0 Å². The average molecular weight is 347 g/mol. The van der Waals surface area contributed by atoms with Crippen LogP contribution in [0.3, 0.4) is 0 Å². The number of rotatable bonds is 7. The van der Waals surface area contributed by atoms with Crippen molar-refractivity contribution in [2.45, 2.75) is 31.7 Å². The van der Waals surface area contributed by atoms with Gasteiger partial charge in [0.15, 0.2) is 11.5 Å². The summed E-state index contributed by atoms with van der Waals surface area (Å²) in [6.07, 6.45) is 6.61. The summed E-state index contributed by atoms with van der Waals surface area (Å²) in [4.78, 5) is 24.4. The first kappa shape index (κ1) is 18.8. The van der Waals surface area contributed by atoms with Gasteiger partial charge in [-0.05, 0) is 37.0 Å². The summed E-state index contributed by atoms with van der Waals surface area (Å²) in [6.45, 7) is 0. The number of carbonyl (C=O) groups excluding carboxylic acids is 2. The maximum absolute atomic E-state index is 12.6. The van der Waals surface area contributed by atoms with Gasteiger partial charge >= 0.3 is 5.97 Å². The second kappa shape index (κ2) is 9.11. The van der Waals surface area contributed by atoms with Crippen LogP contribution in [0.15, 0.2) is 30.4 Å². The molecule has 2 rings (SSSR count). The van der Waals surface area contributed by atoms with Gasteiger partial charge in [-0.25, -0.2) is 0 Å². The highest BCUT2D eigenvalue weighted by molar-refractivity contribution is 5.80. The number of methoxy groups -OCH3 is 3. The monoisotopic (exact) mass is 347 g/mol. The summed E-state index contributed by atoms with van der Waals surface area (Å²) in [7, 11) is 4.44. The van der Waals surface area contributed by atoms with Crippen LogP contribution >= 0.6 is 0 Å². The molecular formula is C19H25NO5. The summed E-state index contributed by atoms with van der Waals surface area (Å²) in [6, 6.07) is 4.86. The van der Waals surface area contributed by atoms with E-state index < -0.39 is 6.04 Å². The zero-order valence-corrected chi connectivity index (χ0v) is 14.9. The smallest absolute Gasteiger partial charge is 0.307 e. The van der Waals surface area contributed by atoms with E-state index in [-0.39, 0.29) is 24.2 Å². The number of allylic oxidation sites excluding steroid dienone is 2. The summed E-state index contributed by atoms with van der Waals surface area (Å²) >= 11 is 0. The predicted octanol–water partition coefficient (Wildman–Crippen LogP) is 2.78. The first-order chi connectivity index (χ1) is 12.1. The van der Waals surface area contributed by atoms with E-state index in [1.54, 1.807) is 26.4 Å². The molecule has 0 saturated heterocycles. The van der Waals surface area contributed by atoms with Crippen molar-refractivity contribution in [1.82, 2.24) is 5.32 Å². The molecule has 136 valence electrons. The third kappa shape index (κ3) is 4.98. The van der Waals surface area contributed by atoms with Gasteiger partial charge < -0.3 is 19.5 Å². The molecule has 25 heavy (non-hydrogen) atoms. The van der Waals surface area contributed by atoms with E-state index in [1.165, 1.54) is 7.11 Å². The van der Waals surface area contributed by atoms with Crippen molar-refractivity contribution in [2.75, 3.05) is 21.3 Å². The third-order valence-electron chi connectivity index (χ3n) is 4.36. The van der Waals surface area contributed by atoms with Gasteiger partial charge in [-0.2, -0.15) is 0 Å². The normalized spacial score (nSPS) is 17.5. The maximum atomic E-state index is 12.6. The SMILES string of the molecule is COC(=O)C[C@H](NC(=O)[C@H]1CC=CCC1)c1ccc(OC)c(OC)c1. The highest BCUT2D eigenvalue weighted by atomic mass is 16.5. The number of esters is 1. The van der Waals surface area contributed by atoms with E-state index in [2.05, 4.69) is 11.4 Å². The highest BCUT2D eigenvalue weighted by Gasteiger charge is 2.25. The number of ether oxygens (including phenoxy) is 3. The van der Waals surface area contributed by atoms with Gasteiger partial charge in [-0.15, -0.1) is 0 Å². The summed E-state index contributed by atoms with van der Waals surface area (Å²) in [5, 5.41) is 2.99. The first-order valence-electron chi connectivity index (χ1n) is 8.33. The fourth-order valence-corrected chi connectivity index (χ4v) is 2.89. The van der Waals surface area contributed by atoms with Gasteiger partial charge in [-0.3, -0.25) is 9.59 Å². The molecule has 0 saturated carbocycles. The number of benzene rings is 1. The van der Waals surface area contributed by atoms with Crippen molar-refractivity contribution < 1.29 is 23.8 Å². The van der Waals surface area contributed by atoms with Crippen LogP contribution in [0.2, 0.25) is 0 Å². The molecule has 0 fully saturated rings. The highest BCUT2D eigenvalue weighted by Crippen LogP contribution is 2.31. The first-order valence-corrected chi connectivity index (χ1v) is 8.33. The number of amides is 1. The van der Waals surface area contributed by atoms with Crippen molar-refractivity contribution in [3.8, 4) is 11.5 Å². The van der Waals surface area contributed by atoms with Crippen LogP contribution in [0.5, 0.6) is 11.5 Å². The van der Waals surface area contributed by atoms with Crippen LogP contribution in [0.4, 0.5) is 0 Å². The number of hydrogen-bond acceptors (Lipinski definition) is 5. The van der Waals surface area contributed by atoms with Crippen LogP contribution < -0.4 is 14.8 Å². The molecule has 2 atom stereocenters. The molecule has 0 heterocycles. The Labute approximate surface area is 148 Å². The van der Waals surface area contributed by atoms with E-state index >= 15 is 0 Å². The molecule has 6 nitrogen and oxygen atoms in total. The van der Waals surface area contributed by atoms with E-state index in [1.807, 2.05) is 12.1 Å². The molecular weight excluding hydrogens is 322 g/mol. The molecule has 0 unspecified atom stereocenters. The van der Waals surface area contributed by atoms with E-state index in [0.29, 0.717) is 11.5 Å². The summed E-state index contributed by atoms with van der Waals surface area (Å²) < 4.78 is 15.3. The van der Waals surface area contributed by atoms with Gasteiger partial charge in [0, 0.05) is 5.92 Å². The van der Waals surface area contributed by atoms with Crippen molar-refractivity contribution in [1.29, 1.82) is 0 Å². The standard InChI is InChI=1S/C19H25NO5/c1-23-16-10-9-14(11-17(16)24-2)15(12-18(21)25-3)20-19(22)13-7-5-4-6-8-13/h4-5,9-11,13,15H,6-8,12H2,1-3H3,(H,20,22)/t13-,15-/m0/s1. The largest absolute Gasteiger partial charge is 0.493 e.